The smallest absolute Gasteiger partial charge is 0.136 e. The van der Waals surface area contributed by atoms with E-state index in [1.807, 2.05) is 60.7 Å². The number of ether oxygens (including phenoxy) is 1. The number of methoxy groups -OCH3 is 1. The Kier molecular flexibility index (Phi) is 5.18. The second-order valence-electron chi connectivity index (χ2n) is 6.50. The zero-order valence-corrected chi connectivity index (χ0v) is 16.5. The molecule has 0 amide bonds. The Bertz CT molecular complexity index is 1190. The quantitative estimate of drug-likeness (QED) is 0.396. The van der Waals surface area contributed by atoms with Crippen LogP contribution in [-0.2, 0) is 6.42 Å². The van der Waals surface area contributed by atoms with Crippen molar-refractivity contribution in [2.75, 3.05) is 7.11 Å². The number of halogens is 1. The summed E-state index contributed by atoms with van der Waals surface area (Å²) in [5, 5.41) is 2.50. The van der Waals surface area contributed by atoms with Crippen molar-refractivity contribution in [3.05, 3.63) is 88.7 Å². The fraction of sp³-hybridized carbons (Fsp3) is 0.125. The molecule has 3 aromatic carbocycles. The van der Waals surface area contributed by atoms with Crippen LogP contribution in [0.15, 0.2) is 82.2 Å². The third-order valence-corrected chi connectivity index (χ3v) is 4.88. The van der Waals surface area contributed by atoms with Crippen molar-refractivity contribution in [1.29, 1.82) is 0 Å². The van der Waals surface area contributed by atoms with E-state index < -0.39 is 0 Å². The highest BCUT2D eigenvalue weighted by molar-refractivity contribution is 6.30. The summed E-state index contributed by atoms with van der Waals surface area (Å²) in [6.45, 7) is 2.14. The van der Waals surface area contributed by atoms with Gasteiger partial charge in [-0.2, -0.15) is 0 Å². The lowest BCUT2D eigenvalue weighted by Gasteiger charge is -2.07. The minimum absolute atomic E-state index is 0.663. The van der Waals surface area contributed by atoms with Crippen molar-refractivity contribution in [3.8, 4) is 17.1 Å². The van der Waals surface area contributed by atoms with Crippen molar-refractivity contribution in [2.45, 2.75) is 13.3 Å². The predicted molar refractivity (Wildman–Crippen MR) is 114 cm³/mol. The van der Waals surface area contributed by atoms with E-state index in [1.54, 1.807) is 7.11 Å². The van der Waals surface area contributed by atoms with Gasteiger partial charge < -0.3 is 9.15 Å². The Balaban J connectivity index is 1.96. The van der Waals surface area contributed by atoms with Crippen LogP contribution in [0.4, 0.5) is 5.69 Å². The van der Waals surface area contributed by atoms with E-state index >= 15 is 0 Å². The summed E-state index contributed by atoms with van der Waals surface area (Å²) in [7, 11) is 1.66. The van der Waals surface area contributed by atoms with Crippen LogP contribution in [0.1, 0.15) is 12.5 Å². The maximum atomic E-state index is 6.20. The second kappa shape index (κ2) is 7.91. The van der Waals surface area contributed by atoms with E-state index in [4.69, 9.17) is 25.7 Å². The number of hydrogen-bond donors (Lipinski definition) is 0. The number of aryl methyl sites for hydroxylation is 1. The van der Waals surface area contributed by atoms with Gasteiger partial charge in [0.1, 0.15) is 17.1 Å². The van der Waals surface area contributed by atoms with Crippen LogP contribution in [0.3, 0.4) is 0 Å². The van der Waals surface area contributed by atoms with E-state index in [0.717, 1.165) is 45.5 Å². The van der Waals surface area contributed by atoms with Crippen molar-refractivity contribution in [2.24, 2.45) is 4.99 Å². The van der Waals surface area contributed by atoms with Gasteiger partial charge >= 0.3 is 0 Å². The first-order chi connectivity index (χ1) is 13.7. The molecule has 0 spiro atoms. The molecular weight excluding hydrogens is 370 g/mol. The van der Waals surface area contributed by atoms with Gasteiger partial charge in [0, 0.05) is 22.0 Å². The molecule has 0 aliphatic rings. The zero-order chi connectivity index (χ0) is 19.5. The average Bonchev–Trinajstić information content (AvgIpc) is 2.73. The van der Waals surface area contributed by atoms with Gasteiger partial charge in [0.25, 0.3) is 0 Å². The number of fused-ring (bicyclic) bond motifs is 1. The first-order valence-corrected chi connectivity index (χ1v) is 9.55. The van der Waals surface area contributed by atoms with E-state index in [0.29, 0.717) is 5.02 Å². The van der Waals surface area contributed by atoms with Gasteiger partial charge in [-0.15, -0.1) is 0 Å². The number of nitrogens with zero attached hydrogens (tertiary/aromatic N) is 1. The number of rotatable bonds is 4. The first-order valence-electron chi connectivity index (χ1n) is 9.18. The van der Waals surface area contributed by atoms with E-state index in [9.17, 15) is 0 Å². The van der Waals surface area contributed by atoms with Crippen molar-refractivity contribution in [3.63, 3.8) is 0 Å². The summed E-state index contributed by atoms with van der Waals surface area (Å²) in [5.41, 5.74) is 3.81. The topological polar surface area (TPSA) is 34.7 Å². The molecular formula is C24H20ClNO2. The molecule has 1 heterocycles. The van der Waals surface area contributed by atoms with Crippen molar-refractivity contribution >= 4 is 28.3 Å². The first kappa shape index (κ1) is 18.3. The Morgan fingerprint density at radius 1 is 0.964 bits per heavy atom. The Hall–Kier alpha value is -3.04. The average molecular weight is 390 g/mol. The molecule has 4 aromatic rings. The molecule has 0 saturated carbocycles. The Labute approximate surface area is 168 Å². The summed E-state index contributed by atoms with van der Waals surface area (Å²) >= 11 is 6.14. The lowest BCUT2D eigenvalue weighted by Crippen LogP contribution is -2.04. The summed E-state index contributed by atoms with van der Waals surface area (Å²) in [6, 6.07) is 23.6. The molecule has 0 fully saturated rings. The monoisotopic (exact) mass is 389 g/mol. The third kappa shape index (κ3) is 3.80. The Morgan fingerprint density at radius 3 is 2.50 bits per heavy atom. The molecule has 1 aromatic heterocycles. The highest BCUT2D eigenvalue weighted by atomic mass is 35.5. The molecule has 0 radical (unpaired) electrons. The highest BCUT2D eigenvalue weighted by Crippen LogP contribution is 2.26. The second-order valence-corrected chi connectivity index (χ2v) is 6.94. The molecule has 0 atom stereocenters. The third-order valence-electron chi connectivity index (χ3n) is 4.65. The van der Waals surface area contributed by atoms with Gasteiger partial charge in [-0.05, 0) is 66.6 Å². The molecule has 0 unspecified atom stereocenters. The predicted octanol–water partition coefficient (Wildman–Crippen LogP) is 6.56. The van der Waals surface area contributed by atoms with Crippen LogP contribution in [0.25, 0.3) is 22.3 Å². The van der Waals surface area contributed by atoms with Crippen molar-refractivity contribution in [1.82, 2.24) is 0 Å². The van der Waals surface area contributed by atoms with Crippen LogP contribution >= 0.6 is 11.6 Å². The summed E-state index contributed by atoms with van der Waals surface area (Å²) in [4.78, 5) is 4.86. The van der Waals surface area contributed by atoms with Gasteiger partial charge in [0.15, 0.2) is 0 Å². The van der Waals surface area contributed by atoms with Crippen LogP contribution < -0.4 is 10.1 Å². The van der Waals surface area contributed by atoms with Gasteiger partial charge in [0.2, 0.25) is 0 Å². The minimum Gasteiger partial charge on any atom is -0.497 e. The molecule has 0 aliphatic heterocycles. The van der Waals surface area contributed by atoms with Crippen LogP contribution in [0, 0.1) is 0 Å². The lowest BCUT2D eigenvalue weighted by molar-refractivity contribution is 0.415. The Morgan fingerprint density at radius 2 is 1.79 bits per heavy atom. The fourth-order valence-corrected chi connectivity index (χ4v) is 3.30. The number of hydrogen-bond acceptors (Lipinski definition) is 3. The lowest BCUT2D eigenvalue weighted by atomic mass is 10.1. The van der Waals surface area contributed by atoms with Gasteiger partial charge in [-0.25, -0.2) is 4.99 Å². The molecule has 0 aliphatic carbocycles. The van der Waals surface area contributed by atoms with E-state index in [-0.39, 0.29) is 0 Å². The number of benzene rings is 3. The molecule has 0 N–H and O–H groups in total. The molecule has 140 valence electrons. The highest BCUT2D eigenvalue weighted by Gasteiger charge is 2.08. The molecule has 0 bridgehead atoms. The molecule has 4 rings (SSSR count). The van der Waals surface area contributed by atoms with E-state index in [1.165, 1.54) is 5.56 Å². The van der Waals surface area contributed by atoms with E-state index in [2.05, 4.69) is 19.1 Å². The fourth-order valence-electron chi connectivity index (χ4n) is 3.11. The van der Waals surface area contributed by atoms with Gasteiger partial charge in [0.05, 0.1) is 18.2 Å². The standard InChI is InChI=1S/C24H20ClNO2/c1-3-16-7-12-23-21(13-16)22(26-19-6-4-5-18(25)14-19)15-24(28-23)17-8-10-20(27-2)11-9-17/h4-15H,3H2,1-2H3. The zero-order valence-electron chi connectivity index (χ0n) is 15.8. The maximum absolute atomic E-state index is 6.20. The van der Waals surface area contributed by atoms with Crippen LogP contribution in [-0.4, -0.2) is 7.11 Å². The summed E-state index contributed by atoms with van der Waals surface area (Å²) in [5.74, 6) is 1.56. The minimum atomic E-state index is 0.663. The van der Waals surface area contributed by atoms with Crippen LogP contribution in [0.2, 0.25) is 5.02 Å². The molecule has 4 heteroatoms. The SMILES string of the molecule is CCc1ccc2oc(-c3ccc(OC)cc3)cc(=Nc3cccc(Cl)c3)c2c1. The summed E-state index contributed by atoms with van der Waals surface area (Å²) < 4.78 is 11.4. The summed E-state index contributed by atoms with van der Waals surface area (Å²) in [6.07, 6.45) is 0.951. The molecule has 0 saturated heterocycles. The molecule has 28 heavy (non-hydrogen) atoms. The molecule has 3 nitrogen and oxygen atoms in total. The van der Waals surface area contributed by atoms with Gasteiger partial charge in [-0.1, -0.05) is 30.7 Å². The maximum Gasteiger partial charge on any atom is 0.136 e. The normalized spacial score (nSPS) is 11.8. The largest absolute Gasteiger partial charge is 0.497 e. The van der Waals surface area contributed by atoms with Crippen molar-refractivity contribution < 1.29 is 9.15 Å². The van der Waals surface area contributed by atoms with Crippen LogP contribution in [0.5, 0.6) is 5.75 Å². The van der Waals surface area contributed by atoms with Gasteiger partial charge in [-0.3, -0.25) is 0 Å².